The van der Waals surface area contributed by atoms with Crippen LogP contribution in [0.5, 0.6) is 0 Å². The molecule has 0 aliphatic heterocycles. The molecule has 60 valence electrons. The van der Waals surface area contributed by atoms with E-state index in [0.717, 1.165) is 4.73 Å². The van der Waals surface area contributed by atoms with Crippen molar-refractivity contribution in [2.75, 3.05) is 0 Å². The second-order valence-electron chi connectivity index (χ2n) is 2.39. The first-order valence-corrected chi connectivity index (χ1v) is 3.78. The Kier molecular flexibility index (Phi) is 1.59. The third kappa shape index (κ3) is 1.08. The molecule has 2 rings (SSSR count). The highest BCUT2D eigenvalue weighted by Crippen LogP contribution is 2.12. The van der Waals surface area contributed by atoms with Gasteiger partial charge in [0.2, 0.25) is 5.52 Å². The van der Waals surface area contributed by atoms with Crippen molar-refractivity contribution < 1.29 is 4.73 Å². The van der Waals surface area contributed by atoms with Gasteiger partial charge >= 0.3 is 0 Å². The van der Waals surface area contributed by atoms with E-state index >= 15 is 0 Å². The van der Waals surface area contributed by atoms with E-state index in [1.807, 2.05) is 0 Å². The Labute approximate surface area is 73.8 Å². The molecule has 0 aromatic carbocycles. The average molecular weight is 181 g/mol. The minimum atomic E-state index is 0.471. The van der Waals surface area contributed by atoms with Crippen molar-refractivity contribution in [1.82, 2.24) is 4.98 Å². The molecule has 12 heavy (non-hydrogen) atoms. The van der Waals surface area contributed by atoms with Gasteiger partial charge in [-0.3, -0.25) is 0 Å². The lowest BCUT2D eigenvalue weighted by atomic mass is 10.3. The van der Waals surface area contributed by atoms with Gasteiger partial charge in [0, 0.05) is 18.3 Å². The SMILES string of the molecule is [O-][n+]1cccc2ncc(Cl)cc21. The van der Waals surface area contributed by atoms with Crippen LogP contribution in [0, 0.1) is 5.21 Å². The molecule has 2 aromatic rings. The van der Waals surface area contributed by atoms with Crippen LogP contribution in [-0.4, -0.2) is 4.98 Å². The van der Waals surface area contributed by atoms with Gasteiger partial charge in [-0.25, -0.2) is 4.98 Å². The molecule has 0 saturated carbocycles. The summed E-state index contributed by atoms with van der Waals surface area (Å²) in [4.78, 5) is 3.99. The van der Waals surface area contributed by atoms with Crippen molar-refractivity contribution >= 4 is 22.6 Å². The molecule has 0 bridgehead atoms. The molecule has 0 unspecified atom stereocenters. The minimum absolute atomic E-state index is 0.471. The van der Waals surface area contributed by atoms with Crippen molar-refractivity contribution in [3.63, 3.8) is 0 Å². The van der Waals surface area contributed by atoms with Crippen LogP contribution >= 0.6 is 11.6 Å². The summed E-state index contributed by atoms with van der Waals surface area (Å²) in [5, 5.41) is 11.6. The van der Waals surface area contributed by atoms with E-state index in [1.54, 1.807) is 18.2 Å². The van der Waals surface area contributed by atoms with Crippen molar-refractivity contribution in [2.24, 2.45) is 0 Å². The molecule has 4 heteroatoms. The molecule has 0 N–H and O–H groups in total. The maximum absolute atomic E-state index is 11.1. The van der Waals surface area contributed by atoms with Crippen LogP contribution in [0.1, 0.15) is 0 Å². The highest BCUT2D eigenvalue weighted by molar-refractivity contribution is 6.30. The van der Waals surface area contributed by atoms with Gasteiger partial charge in [-0.15, -0.1) is 0 Å². The van der Waals surface area contributed by atoms with Gasteiger partial charge in [0.25, 0.3) is 0 Å². The summed E-state index contributed by atoms with van der Waals surface area (Å²) in [5.74, 6) is 0. The van der Waals surface area contributed by atoms with Crippen molar-refractivity contribution in [3.8, 4) is 0 Å². The quantitative estimate of drug-likeness (QED) is 0.456. The van der Waals surface area contributed by atoms with E-state index in [4.69, 9.17) is 11.6 Å². The number of aromatic nitrogens is 2. The Bertz CT molecular complexity index is 430. The molecule has 3 nitrogen and oxygen atoms in total. The zero-order valence-corrected chi connectivity index (χ0v) is 6.82. The number of nitrogens with zero attached hydrogens (tertiary/aromatic N) is 2. The second kappa shape index (κ2) is 2.60. The van der Waals surface area contributed by atoms with E-state index in [2.05, 4.69) is 4.98 Å². The van der Waals surface area contributed by atoms with Crippen molar-refractivity contribution in [2.45, 2.75) is 0 Å². The number of hydrogen-bond donors (Lipinski definition) is 0. The number of rotatable bonds is 0. The Morgan fingerprint density at radius 2 is 2.33 bits per heavy atom. The lowest BCUT2D eigenvalue weighted by molar-refractivity contribution is -0.577. The van der Waals surface area contributed by atoms with Gasteiger partial charge in [-0.2, -0.15) is 4.73 Å². The van der Waals surface area contributed by atoms with Crippen LogP contribution < -0.4 is 4.73 Å². The van der Waals surface area contributed by atoms with Crippen LogP contribution in [0.3, 0.4) is 0 Å². The van der Waals surface area contributed by atoms with Crippen LogP contribution in [-0.2, 0) is 0 Å². The molecular weight excluding hydrogens is 176 g/mol. The van der Waals surface area contributed by atoms with E-state index in [9.17, 15) is 5.21 Å². The van der Waals surface area contributed by atoms with E-state index in [0.29, 0.717) is 16.1 Å². The first-order valence-electron chi connectivity index (χ1n) is 3.41. The predicted octanol–water partition coefficient (Wildman–Crippen LogP) is 1.52. The van der Waals surface area contributed by atoms with Crippen LogP contribution in [0.2, 0.25) is 5.02 Å². The highest BCUT2D eigenvalue weighted by atomic mass is 35.5. The number of fused-ring (bicyclic) bond motifs is 1. The summed E-state index contributed by atoms with van der Waals surface area (Å²) in [6.07, 6.45) is 2.93. The topological polar surface area (TPSA) is 39.8 Å². The molecule has 0 spiro atoms. The number of hydrogen-bond acceptors (Lipinski definition) is 2. The zero-order valence-electron chi connectivity index (χ0n) is 6.07. The molecule has 2 heterocycles. The predicted molar refractivity (Wildman–Crippen MR) is 45.7 cm³/mol. The second-order valence-corrected chi connectivity index (χ2v) is 2.83. The first kappa shape index (κ1) is 7.31. The molecular formula is C8H5ClN2O. The summed E-state index contributed by atoms with van der Waals surface area (Å²) in [6, 6.07) is 5.01. The third-order valence-corrected chi connectivity index (χ3v) is 1.78. The lowest BCUT2D eigenvalue weighted by Crippen LogP contribution is -2.25. The third-order valence-electron chi connectivity index (χ3n) is 1.58. The van der Waals surface area contributed by atoms with E-state index < -0.39 is 0 Å². The molecule has 0 saturated heterocycles. The molecule has 0 aliphatic carbocycles. The first-order chi connectivity index (χ1) is 5.77. The van der Waals surface area contributed by atoms with Gasteiger partial charge in [0.05, 0.1) is 5.02 Å². The fraction of sp³-hybridized carbons (Fsp3) is 0. The Hall–Kier alpha value is -1.35. The van der Waals surface area contributed by atoms with Crippen LogP contribution in [0.15, 0.2) is 30.6 Å². The van der Waals surface area contributed by atoms with E-state index in [-0.39, 0.29) is 0 Å². The summed E-state index contributed by atoms with van der Waals surface area (Å²) in [7, 11) is 0. The van der Waals surface area contributed by atoms with Crippen LogP contribution in [0.25, 0.3) is 11.0 Å². The molecule has 0 amide bonds. The van der Waals surface area contributed by atoms with Gasteiger partial charge in [-0.05, 0) is 6.07 Å². The van der Waals surface area contributed by atoms with Gasteiger partial charge in [0.1, 0.15) is 5.52 Å². The largest absolute Gasteiger partial charge is 0.618 e. The zero-order chi connectivity index (χ0) is 8.55. The summed E-state index contributed by atoms with van der Waals surface area (Å²) in [5.41, 5.74) is 1.14. The summed E-state index contributed by atoms with van der Waals surface area (Å²) < 4.78 is 0.744. The fourth-order valence-corrected chi connectivity index (χ4v) is 1.19. The van der Waals surface area contributed by atoms with Gasteiger partial charge in [-0.1, -0.05) is 11.6 Å². The maximum atomic E-state index is 11.1. The Morgan fingerprint density at radius 1 is 1.50 bits per heavy atom. The minimum Gasteiger partial charge on any atom is -0.618 e. The molecule has 0 radical (unpaired) electrons. The summed E-state index contributed by atoms with van der Waals surface area (Å²) >= 11 is 5.68. The Morgan fingerprint density at radius 3 is 3.17 bits per heavy atom. The molecule has 0 aliphatic rings. The summed E-state index contributed by atoms with van der Waals surface area (Å²) in [6.45, 7) is 0. The Balaban J connectivity index is 2.88. The molecule has 0 fully saturated rings. The fourth-order valence-electron chi connectivity index (χ4n) is 1.04. The normalized spacial score (nSPS) is 10.4. The van der Waals surface area contributed by atoms with Gasteiger partial charge < -0.3 is 5.21 Å². The van der Waals surface area contributed by atoms with Gasteiger partial charge in [0.15, 0.2) is 6.20 Å². The maximum Gasteiger partial charge on any atom is 0.243 e. The molecule has 2 aromatic heterocycles. The number of pyridine rings is 2. The smallest absolute Gasteiger partial charge is 0.243 e. The highest BCUT2D eigenvalue weighted by Gasteiger charge is 2.03. The average Bonchev–Trinajstić information content (AvgIpc) is 2.07. The lowest BCUT2D eigenvalue weighted by Gasteiger charge is -1.99. The number of halogens is 1. The molecule has 0 atom stereocenters. The van der Waals surface area contributed by atoms with Crippen molar-refractivity contribution in [3.05, 3.63) is 40.8 Å². The van der Waals surface area contributed by atoms with E-state index in [1.165, 1.54) is 12.4 Å². The van der Waals surface area contributed by atoms with Crippen LogP contribution in [0.4, 0.5) is 0 Å². The van der Waals surface area contributed by atoms with Crippen molar-refractivity contribution in [1.29, 1.82) is 0 Å². The monoisotopic (exact) mass is 180 g/mol. The standard InChI is InChI=1S/C8H5ClN2O/c9-6-4-8-7(10-5-6)2-1-3-11(8)12/h1-5H.